The fourth-order valence-corrected chi connectivity index (χ4v) is 5.56. The first-order chi connectivity index (χ1) is 13.3. The van der Waals surface area contributed by atoms with Crippen LogP contribution >= 0.6 is 0 Å². The van der Waals surface area contributed by atoms with Gasteiger partial charge in [0.1, 0.15) is 11.4 Å². The lowest BCUT2D eigenvalue weighted by atomic mass is 9.49. The molecule has 0 saturated heterocycles. The molecule has 0 unspecified atom stereocenters. The Kier molecular flexibility index (Phi) is 4.42. The standard InChI is InChI=1S/C24H28O4/c1-3-23-15-22(2,27)24(28,17-7-5-4-6-8-17)13-18(23)11-16(14-25)20-12-19(26)9-10-21(20)23/h4-12,18,25-28H,3,13-15H2,1-2H3/t18-,22+,23+,24+/m0/s1. The molecular formula is C24H28O4. The lowest BCUT2D eigenvalue weighted by molar-refractivity contribution is -0.198. The lowest BCUT2D eigenvalue weighted by Gasteiger charge is -2.58. The molecule has 4 heteroatoms. The first-order valence-corrected chi connectivity index (χ1v) is 9.93. The van der Waals surface area contributed by atoms with Crippen LogP contribution in [0.3, 0.4) is 0 Å². The number of benzene rings is 2. The van der Waals surface area contributed by atoms with Crippen LogP contribution in [0.5, 0.6) is 5.75 Å². The minimum atomic E-state index is -1.39. The summed E-state index contributed by atoms with van der Waals surface area (Å²) in [5.74, 6) is 0.119. The van der Waals surface area contributed by atoms with Crippen molar-refractivity contribution < 1.29 is 20.4 Å². The monoisotopic (exact) mass is 380 g/mol. The minimum Gasteiger partial charge on any atom is -0.508 e. The van der Waals surface area contributed by atoms with Gasteiger partial charge in [-0.25, -0.2) is 0 Å². The van der Waals surface area contributed by atoms with Gasteiger partial charge in [-0.05, 0) is 66.5 Å². The van der Waals surface area contributed by atoms with Crippen LogP contribution in [0.15, 0.2) is 54.6 Å². The molecular weight excluding hydrogens is 352 g/mol. The quantitative estimate of drug-likeness (QED) is 0.657. The summed E-state index contributed by atoms with van der Waals surface area (Å²) in [5.41, 5.74) is 0.244. The fourth-order valence-electron chi connectivity index (χ4n) is 5.56. The van der Waals surface area contributed by atoms with Crippen molar-refractivity contribution in [1.29, 1.82) is 0 Å². The summed E-state index contributed by atoms with van der Waals surface area (Å²) in [7, 11) is 0. The molecule has 4 rings (SSSR count). The van der Waals surface area contributed by atoms with Crippen molar-refractivity contribution in [2.24, 2.45) is 5.92 Å². The summed E-state index contributed by atoms with van der Waals surface area (Å²) in [4.78, 5) is 0. The van der Waals surface area contributed by atoms with E-state index in [2.05, 4.69) is 6.92 Å². The summed E-state index contributed by atoms with van der Waals surface area (Å²) in [6, 6.07) is 14.6. The van der Waals surface area contributed by atoms with E-state index in [-0.39, 0.29) is 23.7 Å². The molecule has 0 bridgehead atoms. The Morgan fingerprint density at radius 1 is 1.07 bits per heavy atom. The van der Waals surface area contributed by atoms with E-state index in [4.69, 9.17) is 0 Å². The third kappa shape index (κ3) is 2.55. The summed E-state index contributed by atoms with van der Waals surface area (Å²) in [6.07, 6.45) is 3.57. The van der Waals surface area contributed by atoms with Crippen molar-refractivity contribution in [3.63, 3.8) is 0 Å². The average Bonchev–Trinajstić information content (AvgIpc) is 2.69. The summed E-state index contributed by atoms with van der Waals surface area (Å²) in [5, 5.41) is 43.2. The van der Waals surface area contributed by atoms with Crippen molar-refractivity contribution >= 4 is 5.57 Å². The number of fused-ring (bicyclic) bond motifs is 3. The van der Waals surface area contributed by atoms with E-state index in [0.29, 0.717) is 18.4 Å². The van der Waals surface area contributed by atoms with E-state index < -0.39 is 11.2 Å². The molecule has 2 aliphatic rings. The van der Waals surface area contributed by atoms with Gasteiger partial charge in [0.15, 0.2) is 0 Å². The second-order valence-corrected chi connectivity index (χ2v) is 8.58. The Labute approximate surface area is 165 Å². The van der Waals surface area contributed by atoms with E-state index in [0.717, 1.165) is 23.1 Å². The van der Waals surface area contributed by atoms with E-state index in [1.807, 2.05) is 42.5 Å². The molecule has 0 amide bonds. The van der Waals surface area contributed by atoms with E-state index >= 15 is 0 Å². The number of hydrogen-bond donors (Lipinski definition) is 4. The van der Waals surface area contributed by atoms with Gasteiger partial charge in [-0.15, -0.1) is 0 Å². The fraction of sp³-hybridized carbons (Fsp3) is 0.417. The van der Waals surface area contributed by atoms with Gasteiger partial charge in [0.25, 0.3) is 0 Å². The number of aliphatic hydroxyl groups excluding tert-OH is 1. The Balaban J connectivity index is 1.91. The van der Waals surface area contributed by atoms with Crippen molar-refractivity contribution in [3.8, 4) is 5.75 Å². The molecule has 2 aromatic rings. The molecule has 0 aliphatic heterocycles. The maximum absolute atomic E-state index is 11.7. The SMILES string of the molecule is CC[C@@]12C[C@@](C)(O)[C@](O)(c3ccccc3)C[C@@H]1C=C(CO)c1cc(O)ccc12. The average molecular weight is 380 g/mol. The maximum atomic E-state index is 11.7. The molecule has 4 nitrogen and oxygen atoms in total. The molecule has 0 heterocycles. The summed E-state index contributed by atoms with van der Waals surface area (Å²) in [6.45, 7) is 3.69. The van der Waals surface area contributed by atoms with Crippen LogP contribution in [0.2, 0.25) is 0 Å². The third-order valence-corrected chi connectivity index (χ3v) is 7.12. The van der Waals surface area contributed by atoms with Gasteiger partial charge in [-0.3, -0.25) is 0 Å². The summed E-state index contributed by atoms with van der Waals surface area (Å²) >= 11 is 0. The predicted octanol–water partition coefficient (Wildman–Crippen LogP) is 3.48. The highest BCUT2D eigenvalue weighted by Crippen LogP contribution is 2.60. The minimum absolute atomic E-state index is 0.0397. The maximum Gasteiger partial charge on any atom is 0.119 e. The number of rotatable bonds is 3. The molecule has 0 radical (unpaired) electrons. The lowest BCUT2D eigenvalue weighted by Crippen LogP contribution is -2.61. The van der Waals surface area contributed by atoms with Crippen LogP contribution in [0.25, 0.3) is 5.57 Å². The van der Waals surface area contributed by atoms with E-state index in [9.17, 15) is 20.4 Å². The third-order valence-electron chi connectivity index (χ3n) is 7.12. The second-order valence-electron chi connectivity index (χ2n) is 8.58. The number of hydrogen-bond acceptors (Lipinski definition) is 4. The molecule has 2 aromatic carbocycles. The Morgan fingerprint density at radius 3 is 2.43 bits per heavy atom. The smallest absolute Gasteiger partial charge is 0.119 e. The molecule has 4 N–H and O–H groups in total. The van der Waals surface area contributed by atoms with Crippen LogP contribution < -0.4 is 0 Å². The molecule has 4 atom stereocenters. The van der Waals surface area contributed by atoms with Gasteiger partial charge in [-0.1, -0.05) is 49.4 Å². The number of aliphatic hydroxyl groups is 3. The molecule has 0 aromatic heterocycles. The molecule has 0 spiro atoms. The van der Waals surface area contributed by atoms with Crippen molar-refractivity contribution in [3.05, 3.63) is 71.3 Å². The highest BCUT2D eigenvalue weighted by molar-refractivity contribution is 5.74. The largest absolute Gasteiger partial charge is 0.508 e. The van der Waals surface area contributed by atoms with Crippen molar-refractivity contribution in [2.75, 3.05) is 6.61 Å². The van der Waals surface area contributed by atoms with Gasteiger partial charge < -0.3 is 20.4 Å². The first-order valence-electron chi connectivity index (χ1n) is 9.93. The van der Waals surface area contributed by atoms with Crippen molar-refractivity contribution in [1.82, 2.24) is 0 Å². The van der Waals surface area contributed by atoms with Gasteiger partial charge in [0.05, 0.1) is 12.2 Å². The van der Waals surface area contributed by atoms with E-state index in [1.165, 1.54) is 0 Å². The second kappa shape index (κ2) is 6.45. The molecule has 28 heavy (non-hydrogen) atoms. The van der Waals surface area contributed by atoms with Gasteiger partial charge in [-0.2, -0.15) is 0 Å². The topological polar surface area (TPSA) is 80.9 Å². The highest BCUT2D eigenvalue weighted by atomic mass is 16.4. The van der Waals surface area contributed by atoms with Crippen molar-refractivity contribution in [2.45, 2.75) is 49.7 Å². The molecule has 1 saturated carbocycles. The zero-order chi connectivity index (χ0) is 20.2. The first kappa shape index (κ1) is 19.2. The Hall–Kier alpha value is -2.14. The van der Waals surface area contributed by atoms with Crippen LogP contribution in [0, 0.1) is 5.92 Å². The number of phenols is 1. The molecule has 2 aliphatic carbocycles. The normalized spacial score (nSPS) is 34.3. The zero-order valence-electron chi connectivity index (χ0n) is 16.4. The summed E-state index contributed by atoms with van der Waals surface area (Å²) < 4.78 is 0. The Morgan fingerprint density at radius 2 is 1.79 bits per heavy atom. The molecule has 1 fully saturated rings. The zero-order valence-corrected chi connectivity index (χ0v) is 16.4. The van der Waals surface area contributed by atoms with Crippen LogP contribution in [0.4, 0.5) is 0 Å². The van der Waals surface area contributed by atoms with Gasteiger partial charge in [0.2, 0.25) is 0 Å². The highest BCUT2D eigenvalue weighted by Gasteiger charge is 2.60. The predicted molar refractivity (Wildman–Crippen MR) is 109 cm³/mol. The van der Waals surface area contributed by atoms with Gasteiger partial charge in [0, 0.05) is 5.41 Å². The number of allylic oxidation sites excluding steroid dienone is 1. The van der Waals surface area contributed by atoms with E-state index in [1.54, 1.807) is 19.1 Å². The molecule has 148 valence electrons. The van der Waals surface area contributed by atoms with Crippen LogP contribution in [0.1, 0.15) is 49.8 Å². The van der Waals surface area contributed by atoms with Gasteiger partial charge >= 0.3 is 0 Å². The van der Waals surface area contributed by atoms with Crippen LogP contribution in [-0.2, 0) is 11.0 Å². The van der Waals surface area contributed by atoms with Crippen LogP contribution in [-0.4, -0.2) is 32.6 Å². The number of phenolic OH excluding ortho intramolecular Hbond substituents is 1. The Bertz CT molecular complexity index is 917. The number of aromatic hydroxyl groups is 1.